The van der Waals surface area contributed by atoms with Crippen molar-refractivity contribution in [3.63, 3.8) is 0 Å². The highest BCUT2D eigenvalue weighted by Crippen LogP contribution is 2.76. The first-order chi connectivity index (χ1) is 20.1. The molecule has 0 saturated heterocycles. The van der Waals surface area contributed by atoms with Crippen LogP contribution in [0.15, 0.2) is 44.9 Å². The Morgan fingerprint density at radius 3 is 2.44 bits per heavy atom. The smallest absolute Gasteiger partial charge is 0.310 e. The molecule has 5 aliphatic rings. The number of rotatable bonds is 3. The molecule has 0 amide bonds. The summed E-state index contributed by atoms with van der Waals surface area (Å²) in [5.74, 6) is 1.40. The van der Waals surface area contributed by atoms with Gasteiger partial charge >= 0.3 is 5.97 Å². The average molecular weight is 605 g/mol. The highest BCUT2D eigenvalue weighted by molar-refractivity contribution is 7.10. The number of hydrogen-bond donors (Lipinski definition) is 3. The fraction of sp³-hybridized carbons (Fsp3) is 0.694. The molecule has 6 nitrogen and oxygen atoms in total. The van der Waals surface area contributed by atoms with E-state index in [1.807, 2.05) is 0 Å². The third-order valence-corrected chi connectivity index (χ3v) is 15.0. The van der Waals surface area contributed by atoms with Gasteiger partial charge in [-0.3, -0.25) is 4.79 Å². The molecule has 0 radical (unpaired) electrons. The number of carboxylic acids is 1. The lowest BCUT2D eigenvalue weighted by Gasteiger charge is -2.71. The van der Waals surface area contributed by atoms with Crippen molar-refractivity contribution in [3.05, 3.63) is 39.6 Å². The third kappa shape index (κ3) is 4.19. The van der Waals surface area contributed by atoms with Gasteiger partial charge in [-0.25, -0.2) is 0 Å². The van der Waals surface area contributed by atoms with Gasteiger partial charge in [-0.1, -0.05) is 66.2 Å². The van der Waals surface area contributed by atoms with E-state index in [4.69, 9.17) is 16.6 Å². The van der Waals surface area contributed by atoms with Gasteiger partial charge in [0.15, 0.2) is 0 Å². The van der Waals surface area contributed by atoms with Crippen LogP contribution in [0.2, 0.25) is 0 Å². The number of aliphatic carboxylic acids is 1. The van der Waals surface area contributed by atoms with Gasteiger partial charge in [0, 0.05) is 10.3 Å². The SMILES string of the molecule is C[C@H]1[C@H](C)CC[C@]2(C(=O)O)CC[C@]3(C)C(=CC[C@@H]4[C@@]5(C)CC(=C\c6cccs6)/C(=N\N=C(N)N)C(C)(C)[C@@H]5CC[C@]43C)[C@H]12. The van der Waals surface area contributed by atoms with E-state index in [0.717, 1.165) is 57.1 Å². The molecule has 1 heterocycles. The minimum atomic E-state index is -0.609. The lowest BCUT2D eigenvalue weighted by Crippen LogP contribution is -2.65. The molecule has 0 unspecified atom stereocenters. The van der Waals surface area contributed by atoms with Crippen LogP contribution in [-0.2, 0) is 4.79 Å². The predicted octanol–water partition coefficient (Wildman–Crippen LogP) is 8.11. The number of guanidine groups is 1. The molecule has 6 rings (SSSR count). The van der Waals surface area contributed by atoms with Crippen LogP contribution in [0, 0.1) is 56.7 Å². The Bertz CT molecular complexity index is 1420. The summed E-state index contributed by atoms with van der Waals surface area (Å²) < 4.78 is 0. The molecule has 0 aromatic carbocycles. The molecular formula is C36H52N4O2S. The summed E-state index contributed by atoms with van der Waals surface area (Å²) in [7, 11) is 0. The second-order valence-electron chi connectivity index (χ2n) is 16.2. The lowest BCUT2D eigenvalue weighted by molar-refractivity contribution is -0.179. The van der Waals surface area contributed by atoms with E-state index < -0.39 is 11.4 Å². The maximum atomic E-state index is 13.0. The average Bonchev–Trinajstić information content (AvgIpc) is 3.43. The van der Waals surface area contributed by atoms with Crippen LogP contribution in [0.5, 0.6) is 0 Å². The van der Waals surface area contributed by atoms with Crippen LogP contribution in [0.1, 0.15) is 105 Å². The van der Waals surface area contributed by atoms with Crippen molar-refractivity contribution in [2.24, 2.45) is 78.3 Å². The van der Waals surface area contributed by atoms with E-state index in [9.17, 15) is 9.90 Å². The van der Waals surface area contributed by atoms with Crippen molar-refractivity contribution in [2.75, 3.05) is 0 Å². The molecule has 7 heteroatoms. The fourth-order valence-corrected chi connectivity index (χ4v) is 12.4. The van der Waals surface area contributed by atoms with E-state index in [0.29, 0.717) is 23.7 Å². The molecule has 1 aromatic heterocycles. The van der Waals surface area contributed by atoms with E-state index in [1.54, 1.807) is 11.3 Å². The van der Waals surface area contributed by atoms with Crippen LogP contribution in [0.25, 0.3) is 6.08 Å². The number of carbonyl (C=O) groups is 1. The Morgan fingerprint density at radius 1 is 1.05 bits per heavy atom. The topological polar surface area (TPSA) is 114 Å². The first-order valence-corrected chi connectivity index (χ1v) is 17.4. The normalized spacial score (nSPS) is 45.3. The summed E-state index contributed by atoms with van der Waals surface area (Å²) in [4.78, 5) is 14.3. The number of allylic oxidation sites excluding steroid dienone is 3. The molecule has 0 spiro atoms. The molecule has 4 fully saturated rings. The monoisotopic (exact) mass is 604 g/mol. The van der Waals surface area contributed by atoms with E-state index in [-0.39, 0.29) is 33.5 Å². The molecule has 9 atom stereocenters. The van der Waals surface area contributed by atoms with Gasteiger partial charge in [0.2, 0.25) is 5.96 Å². The van der Waals surface area contributed by atoms with E-state index in [1.165, 1.54) is 16.0 Å². The highest BCUT2D eigenvalue weighted by Gasteiger charge is 2.69. The van der Waals surface area contributed by atoms with Crippen molar-refractivity contribution in [1.29, 1.82) is 0 Å². The summed E-state index contributed by atoms with van der Waals surface area (Å²) in [5, 5.41) is 21.8. The van der Waals surface area contributed by atoms with Crippen molar-refractivity contribution >= 4 is 35.1 Å². The molecule has 4 saturated carbocycles. The molecule has 5 N–H and O–H groups in total. The number of nitrogens with zero attached hydrogens (tertiary/aromatic N) is 2. The van der Waals surface area contributed by atoms with Crippen LogP contribution in [0.3, 0.4) is 0 Å². The van der Waals surface area contributed by atoms with Gasteiger partial charge in [0.25, 0.3) is 0 Å². The minimum absolute atomic E-state index is 0.00668. The van der Waals surface area contributed by atoms with Gasteiger partial charge < -0.3 is 16.6 Å². The van der Waals surface area contributed by atoms with Crippen molar-refractivity contribution < 1.29 is 9.90 Å². The largest absolute Gasteiger partial charge is 0.481 e. The Kier molecular flexibility index (Phi) is 7.15. The maximum absolute atomic E-state index is 13.0. The second-order valence-corrected chi connectivity index (χ2v) is 17.1. The van der Waals surface area contributed by atoms with Crippen LogP contribution in [-0.4, -0.2) is 22.7 Å². The van der Waals surface area contributed by atoms with Crippen molar-refractivity contribution in [1.82, 2.24) is 0 Å². The lowest BCUT2D eigenvalue weighted by atomic mass is 9.33. The number of nitrogens with two attached hydrogens (primary N) is 2. The molecular weight excluding hydrogens is 552 g/mol. The Hall–Kier alpha value is -2.41. The summed E-state index contributed by atoms with van der Waals surface area (Å²) in [6.45, 7) is 17.0. The summed E-state index contributed by atoms with van der Waals surface area (Å²) in [6, 6.07) is 4.27. The number of fused-ring (bicyclic) bond motifs is 7. The van der Waals surface area contributed by atoms with Crippen LogP contribution in [0.4, 0.5) is 0 Å². The van der Waals surface area contributed by atoms with E-state index >= 15 is 0 Å². The standard InChI is InChI=1S/C36H52N4O2S/c1-21-12-15-36(30(41)42)17-16-34(6)25(28(36)22(21)2)10-11-27-33(5)20-23(19-24-9-8-18-43-24)29(39-40-31(37)38)32(3,4)26(33)13-14-35(27,34)7/h8-10,18-19,21-22,26-28H,11-17,20H2,1-7H3,(H,41,42)(H4,37,38,40)/b23-19+,39-29+/t21-,22+,26+,27-,28+,33+,34-,35-,36+/m1/s1. The Morgan fingerprint density at radius 2 is 1.79 bits per heavy atom. The first-order valence-electron chi connectivity index (χ1n) is 16.5. The third-order valence-electron chi connectivity index (χ3n) is 14.2. The van der Waals surface area contributed by atoms with E-state index in [2.05, 4.69) is 83.2 Å². The Labute approximate surface area is 262 Å². The first kappa shape index (κ1) is 30.6. The molecule has 0 bridgehead atoms. The molecule has 5 aliphatic carbocycles. The van der Waals surface area contributed by atoms with Crippen LogP contribution < -0.4 is 11.5 Å². The number of carboxylic acid groups (broad SMARTS) is 1. The fourth-order valence-electron chi connectivity index (χ4n) is 11.7. The molecule has 234 valence electrons. The number of thiophene rings is 1. The quantitative estimate of drug-likeness (QED) is 0.140. The second kappa shape index (κ2) is 10.1. The zero-order valence-corrected chi connectivity index (χ0v) is 28.1. The minimum Gasteiger partial charge on any atom is -0.481 e. The molecule has 0 aliphatic heterocycles. The van der Waals surface area contributed by atoms with Gasteiger partial charge in [0.1, 0.15) is 0 Å². The van der Waals surface area contributed by atoms with Gasteiger partial charge in [-0.15, -0.1) is 16.4 Å². The summed E-state index contributed by atoms with van der Waals surface area (Å²) in [6.07, 6.45) is 12.7. The molecule has 1 aromatic rings. The van der Waals surface area contributed by atoms with Gasteiger partial charge in [-0.2, -0.15) is 5.10 Å². The van der Waals surface area contributed by atoms with Gasteiger partial charge in [0.05, 0.1) is 11.1 Å². The highest BCUT2D eigenvalue weighted by atomic mass is 32.1. The number of hydrogen-bond acceptors (Lipinski definition) is 4. The Balaban J connectivity index is 1.48. The summed E-state index contributed by atoms with van der Waals surface area (Å²) >= 11 is 1.75. The maximum Gasteiger partial charge on any atom is 0.310 e. The predicted molar refractivity (Wildman–Crippen MR) is 178 cm³/mol. The zero-order valence-electron chi connectivity index (χ0n) is 27.2. The summed E-state index contributed by atoms with van der Waals surface area (Å²) in [5.41, 5.74) is 14.6. The zero-order chi connectivity index (χ0) is 31.2. The van der Waals surface area contributed by atoms with Gasteiger partial charge in [-0.05, 0) is 120 Å². The van der Waals surface area contributed by atoms with Crippen molar-refractivity contribution in [2.45, 2.75) is 99.8 Å². The van der Waals surface area contributed by atoms with Crippen LogP contribution >= 0.6 is 11.3 Å². The molecule has 43 heavy (non-hydrogen) atoms. The van der Waals surface area contributed by atoms with Crippen molar-refractivity contribution in [3.8, 4) is 0 Å².